The summed E-state index contributed by atoms with van der Waals surface area (Å²) in [7, 11) is 0. The molecule has 1 aliphatic rings. The molecule has 0 spiro atoms. The highest BCUT2D eigenvalue weighted by molar-refractivity contribution is 9.10. The van der Waals surface area contributed by atoms with Gasteiger partial charge in [-0.15, -0.1) is 0 Å². The predicted molar refractivity (Wildman–Crippen MR) is 79.1 cm³/mol. The van der Waals surface area contributed by atoms with Crippen molar-refractivity contribution in [3.05, 3.63) is 38.3 Å². The first-order valence-electron chi connectivity index (χ1n) is 6.53. The van der Waals surface area contributed by atoms with E-state index in [-0.39, 0.29) is 10.6 Å². The van der Waals surface area contributed by atoms with Crippen LogP contribution in [0.2, 0.25) is 0 Å². The van der Waals surface area contributed by atoms with Crippen molar-refractivity contribution in [2.24, 2.45) is 5.41 Å². The number of halogens is 1. The molecule has 1 aromatic carbocycles. The normalized spacial score (nSPS) is 19.3. The van der Waals surface area contributed by atoms with Gasteiger partial charge in [0, 0.05) is 12.6 Å². The van der Waals surface area contributed by atoms with E-state index in [2.05, 4.69) is 34.7 Å². The molecule has 0 aliphatic carbocycles. The van der Waals surface area contributed by atoms with Crippen LogP contribution >= 0.6 is 15.9 Å². The van der Waals surface area contributed by atoms with Gasteiger partial charge in [0.05, 0.1) is 9.40 Å². The Hall–Kier alpha value is -0.940. The van der Waals surface area contributed by atoms with E-state index < -0.39 is 0 Å². The molecule has 0 unspecified atom stereocenters. The first-order chi connectivity index (χ1) is 8.89. The largest absolute Gasteiger partial charge is 0.299 e. The SMILES string of the molecule is CC1(C)CCN(Cc2cccc([N+](=O)[O-])c2Br)CC1. The molecule has 1 aromatic rings. The van der Waals surface area contributed by atoms with Gasteiger partial charge in [-0.3, -0.25) is 15.0 Å². The third-order valence-electron chi connectivity index (χ3n) is 3.86. The van der Waals surface area contributed by atoms with Crippen molar-refractivity contribution in [3.8, 4) is 0 Å². The summed E-state index contributed by atoms with van der Waals surface area (Å²) < 4.78 is 0.616. The molecule has 0 atom stereocenters. The number of likely N-dealkylation sites (tertiary alicyclic amines) is 1. The highest BCUT2D eigenvalue weighted by atomic mass is 79.9. The summed E-state index contributed by atoms with van der Waals surface area (Å²) >= 11 is 3.36. The van der Waals surface area contributed by atoms with Crippen LogP contribution in [0.4, 0.5) is 5.69 Å². The van der Waals surface area contributed by atoms with Crippen LogP contribution in [-0.2, 0) is 6.54 Å². The maximum absolute atomic E-state index is 10.9. The van der Waals surface area contributed by atoms with E-state index in [0.29, 0.717) is 9.89 Å². The van der Waals surface area contributed by atoms with E-state index in [1.54, 1.807) is 6.07 Å². The average molecular weight is 327 g/mol. The second-order valence-corrected chi connectivity index (χ2v) is 6.74. The summed E-state index contributed by atoms with van der Waals surface area (Å²) in [6.45, 7) is 7.49. The molecule has 104 valence electrons. The van der Waals surface area contributed by atoms with E-state index in [9.17, 15) is 10.1 Å². The molecule has 0 amide bonds. The molecule has 1 heterocycles. The Morgan fingerprint density at radius 3 is 2.58 bits per heavy atom. The summed E-state index contributed by atoms with van der Waals surface area (Å²) in [5, 5.41) is 10.9. The number of hydrogen-bond acceptors (Lipinski definition) is 3. The van der Waals surface area contributed by atoms with Gasteiger partial charge in [-0.2, -0.15) is 0 Å². The van der Waals surface area contributed by atoms with E-state index in [4.69, 9.17) is 0 Å². The Morgan fingerprint density at radius 1 is 1.37 bits per heavy atom. The molecule has 0 saturated carbocycles. The van der Waals surface area contributed by atoms with Gasteiger partial charge >= 0.3 is 0 Å². The van der Waals surface area contributed by atoms with Gasteiger partial charge in [0.2, 0.25) is 0 Å². The monoisotopic (exact) mass is 326 g/mol. The Labute approximate surface area is 122 Å². The molecule has 1 saturated heterocycles. The Balaban J connectivity index is 2.08. The number of benzene rings is 1. The summed E-state index contributed by atoms with van der Waals surface area (Å²) in [6.07, 6.45) is 2.36. The Bertz CT molecular complexity index is 478. The van der Waals surface area contributed by atoms with Crippen LogP contribution in [-0.4, -0.2) is 22.9 Å². The van der Waals surface area contributed by atoms with Crippen LogP contribution < -0.4 is 0 Å². The van der Waals surface area contributed by atoms with Crippen molar-refractivity contribution in [2.45, 2.75) is 33.2 Å². The molecule has 1 aliphatic heterocycles. The van der Waals surface area contributed by atoms with Crippen LogP contribution in [0.1, 0.15) is 32.3 Å². The Kier molecular flexibility index (Phi) is 4.26. The molecule has 0 bridgehead atoms. The lowest BCUT2D eigenvalue weighted by atomic mass is 9.82. The van der Waals surface area contributed by atoms with Crippen molar-refractivity contribution in [1.29, 1.82) is 0 Å². The number of hydrogen-bond donors (Lipinski definition) is 0. The van der Waals surface area contributed by atoms with Crippen LogP contribution in [0.3, 0.4) is 0 Å². The topological polar surface area (TPSA) is 46.4 Å². The fourth-order valence-corrected chi connectivity index (χ4v) is 2.92. The number of nitro benzene ring substituents is 1. The van der Waals surface area contributed by atoms with Gasteiger partial charge in [-0.05, 0) is 52.8 Å². The molecular weight excluding hydrogens is 308 g/mol. The first kappa shape index (κ1) is 14.5. The van der Waals surface area contributed by atoms with Gasteiger partial charge in [0.25, 0.3) is 5.69 Å². The predicted octanol–water partition coefficient (Wildman–Crippen LogP) is 3.98. The fraction of sp³-hybridized carbons (Fsp3) is 0.571. The quantitative estimate of drug-likeness (QED) is 0.623. The molecular formula is C14H19BrN2O2. The second-order valence-electron chi connectivity index (χ2n) is 5.95. The molecule has 19 heavy (non-hydrogen) atoms. The third-order valence-corrected chi connectivity index (χ3v) is 4.77. The van der Waals surface area contributed by atoms with Crippen LogP contribution in [0.25, 0.3) is 0 Å². The maximum atomic E-state index is 10.9. The smallest absolute Gasteiger partial charge is 0.283 e. The van der Waals surface area contributed by atoms with Crippen LogP contribution in [0.15, 0.2) is 22.7 Å². The van der Waals surface area contributed by atoms with Gasteiger partial charge < -0.3 is 0 Å². The van der Waals surface area contributed by atoms with E-state index >= 15 is 0 Å². The van der Waals surface area contributed by atoms with Crippen molar-refractivity contribution < 1.29 is 4.92 Å². The molecule has 4 nitrogen and oxygen atoms in total. The van der Waals surface area contributed by atoms with Gasteiger partial charge in [0.1, 0.15) is 0 Å². The lowest BCUT2D eigenvalue weighted by Gasteiger charge is -2.37. The van der Waals surface area contributed by atoms with E-state index in [1.807, 2.05) is 6.07 Å². The summed E-state index contributed by atoms with van der Waals surface area (Å²) in [5.74, 6) is 0. The highest BCUT2D eigenvalue weighted by Crippen LogP contribution is 2.33. The maximum Gasteiger partial charge on any atom is 0.283 e. The summed E-state index contributed by atoms with van der Waals surface area (Å²) in [6, 6.07) is 5.25. The zero-order valence-electron chi connectivity index (χ0n) is 11.4. The molecule has 2 rings (SSSR count). The van der Waals surface area contributed by atoms with E-state index in [0.717, 1.165) is 25.2 Å². The zero-order valence-corrected chi connectivity index (χ0v) is 12.9. The number of piperidine rings is 1. The van der Waals surface area contributed by atoms with Gasteiger partial charge in [-0.1, -0.05) is 26.0 Å². The van der Waals surface area contributed by atoms with Crippen molar-refractivity contribution >= 4 is 21.6 Å². The number of nitrogens with zero attached hydrogens (tertiary/aromatic N) is 2. The van der Waals surface area contributed by atoms with E-state index in [1.165, 1.54) is 18.9 Å². The lowest BCUT2D eigenvalue weighted by molar-refractivity contribution is -0.385. The number of nitro groups is 1. The van der Waals surface area contributed by atoms with Crippen LogP contribution in [0.5, 0.6) is 0 Å². The lowest BCUT2D eigenvalue weighted by Crippen LogP contribution is -2.36. The van der Waals surface area contributed by atoms with Crippen molar-refractivity contribution in [1.82, 2.24) is 4.90 Å². The standard InChI is InChI=1S/C14H19BrN2O2/c1-14(2)6-8-16(9-7-14)10-11-4-3-5-12(13(11)15)17(18)19/h3-5H,6-10H2,1-2H3. The average Bonchev–Trinajstić information content (AvgIpc) is 2.34. The van der Waals surface area contributed by atoms with Gasteiger partial charge in [-0.25, -0.2) is 0 Å². The van der Waals surface area contributed by atoms with Crippen molar-refractivity contribution in [2.75, 3.05) is 13.1 Å². The van der Waals surface area contributed by atoms with Crippen molar-refractivity contribution in [3.63, 3.8) is 0 Å². The molecule has 5 heteroatoms. The minimum atomic E-state index is -0.340. The molecule has 0 radical (unpaired) electrons. The van der Waals surface area contributed by atoms with Crippen LogP contribution in [0, 0.1) is 15.5 Å². The zero-order chi connectivity index (χ0) is 14.0. The fourth-order valence-electron chi connectivity index (χ4n) is 2.39. The third kappa shape index (κ3) is 3.54. The second kappa shape index (κ2) is 5.59. The van der Waals surface area contributed by atoms with Gasteiger partial charge in [0.15, 0.2) is 0 Å². The summed E-state index contributed by atoms with van der Waals surface area (Å²) in [5.41, 5.74) is 1.57. The Morgan fingerprint density at radius 2 is 2.00 bits per heavy atom. The molecule has 0 N–H and O–H groups in total. The summed E-state index contributed by atoms with van der Waals surface area (Å²) in [4.78, 5) is 12.9. The number of rotatable bonds is 3. The highest BCUT2D eigenvalue weighted by Gasteiger charge is 2.26. The molecule has 1 fully saturated rings. The minimum absolute atomic E-state index is 0.148. The first-order valence-corrected chi connectivity index (χ1v) is 7.32. The molecule has 0 aromatic heterocycles. The minimum Gasteiger partial charge on any atom is -0.299 e.